The summed E-state index contributed by atoms with van der Waals surface area (Å²) in [6.07, 6.45) is -0.0871. The van der Waals surface area contributed by atoms with Gasteiger partial charge in [0.15, 0.2) is 0 Å². The summed E-state index contributed by atoms with van der Waals surface area (Å²) in [5, 5.41) is 1.28. The van der Waals surface area contributed by atoms with Crippen molar-refractivity contribution in [2.24, 2.45) is 0 Å². The molecular formula is C28H32N2O. The van der Waals surface area contributed by atoms with E-state index in [4.69, 9.17) is 4.74 Å². The number of hydrogen-bond acceptors (Lipinski definition) is 2. The molecule has 0 N–H and O–H groups in total. The third kappa shape index (κ3) is 4.11. The predicted molar refractivity (Wildman–Crippen MR) is 131 cm³/mol. The van der Waals surface area contributed by atoms with E-state index in [0.717, 1.165) is 19.6 Å². The van der Waals surface area contributed by atoms with Gasteiger partial charge in [-0.1, -0.05) is 60.7 Å². The lowest BCUT2D eigenvalue weighted by atomic mass is 9.98. The highest BCUT2D eigenvalue weighted by Crippen LogP contribution is 2.36. The quantitative estimate of drug-likeness (QED) is 0.319. The highest BCUT2D eigenvalue weighted by atomic mass is 16.5. The first-order valence-electron chi connectivity index (χ1n) is 11.2. The molecule has 31 heavy (non-hydrogen) atoms. The molecule has 4 rings (SSSR count). The minimum Gasteiger partial charge on any atom is -0.372 e. The second-order valence-corrected chi connectivity index (χ2v) is 7.97. The number of para-hydroxylation sites is 1. The van der Waals surface area contributed by atoms with E-state index in [1.165, 1.54) is 39.0 Å². The summed E-state index contributed by atoms with van der Waals surface area (Å²) in [7, 11) is 1.81. The molecule has 0 saturated heterocycles. The lowest BCUT2D eigenvalue weighted by Gasteiger charge is -2.24. The van der Waals surface area contributed by atoms with Crippen LogP contribution in [-0.2, 0) is 17.8 Å². The number of ether oxygens (including phenoxy) is 1. The number of aromatic nitrogens is 1. The van der Waals surface area contributed by atoms with Gasteiger partial charge in [0.05, 0.1) is 0 Å². The molecule has 3 nitrogen and oxygen atoms in total. The van der Waals surface area contributed by atoms with Gasteiger partial charge >= 0.3 is 0 Å². The SMILES string of the molecule is CCN(Cc1ccccc1)c1ccc(C(OC)c2c(C)n(CC)c3ccccc23)cc1. The molecule has 0 amide bonds. The molecule has 3 aromatic carbocycles. The monoisotopic (exact) mass is 412 g/mol. The number of nitrogens with zero attached hydrogens (tertiary/aromatic N) is 2. The first kappa shape index (κ1) is 21.2. The summed E-state index contributed by atoms with van der Waals surface area (Å²) < 4.78 is 8.44. The Labute approximate surface area is 185 Å². The number of methoxy groups -OCH3 is 1. The van der Waals surface area contributed by atoms with Gasteiger partial charge in [-0.3, -0.25) is 0 Å². The molecule has 0 saturated carbocycles. The summed E-state index contributed by atoms with van der Waals surface area (Å²) in [5.41, 5.74) is 7.56. The van der Waals surface area contributed by atoms with Crippen molar-refractivity contribution in [3.8, 4) is 0 Å². The summed E-state index contributed by atoms with van der Waals surface area (Å²) in [4.78, 5) is 2.40. The summed E-state index contributed by atoms with van der Waals surface area (Å²) in [6.45, 7) is 9.44. The second-order valence-electron chi connectivity index (χ2n) is 7.97. The topological polar surface area (TPSA) is 17.4 Å². The highest BCUT2D eigenvalue weighted by molar-refractivity contribution is 5.86. The third-order valence-corrected chi connectivity index (χ3v) is 6.25. The molecule has 0 aliphatic carbocycles. The maximum absolute atomic E-state index is 6.06. The summed E-state index contributed by atoms with van der Waals surface area (Å²) in [6, 6.07) is 28.2. The van der Waals surface area contributed by atoms with E-state index in [1.54, 1.807) is 0 Å². The molecule has 1 unspecified atom stereocenters. The Balaban J connectivity index is 1.67. The van der Waals surface area contributed by atoms with Gasteiger partial charge < -0.3 is 14.2 Å². The third-order valence-electron chi connectivity index (χ3n) is 6.25. The van der Waals surface area contributed by atoms with Crippen LogP contribution >= 0.6 is 0 Å². The molecule has 0 spiro atoms. The van der Waals surface area contributed by atoms with E-state index in [2.05, 4.69) is 109 Å². The maximum atomic E-state index is 6.06. The lowest BCUT2D eigenvalue weighted by Crippen LogP contribution is -2.21. The van der Waals surface area contributed by atoms with Crippen LogP contribution in [0.25, 0.3) is 10.9 Å². The Hall–Kier alpha value is -3.04. The van der Waals surface area contributed by atoms with Crippen molar-refractivity contribution in [2.45, 2.75) is 40.0 Å². The van der Waals surface area contributed by atoms with Gasteiger partial charge in [0.25, 0.3) is 0 Å². The molecule has 3 heteroatoms. The van der Waals surface area contributed by atoms with Crippen molar-refractivity contribution in [3.63, 3.8) is 0 Å². The van der Waals surface area contributed by atoms with E-state index >= 15 is 0 Å². The van der Waals surface area contributed by atoms with Crippen LogP contribution in [0.15, 0.2) is 78.9 Å². The van der Waals surface area contributed by atoms with Gasteiger partial charge in [0, 0.05) is 54.6 Å². The number of benzene rings is 3. The molecule has 0 aliphatic heterocycles. The van der Waals surface area contributed by atoms with Crippen molar-refractivity contribution in [2.75, 3.05) is 18.6 Å². The lowest BCUT2D eigenvalue weighted by molar-refractivity contribution is 0.137. The molecular weight excluding hydrogens is 380 g/mol. The molecule has 1 heterocycles. The Morgan fingerprint density at radius 1 is 0.871 bits per heavy atom. The zero-order valence-corrected chi connectivity index (χ0v) is 19.0. The molecule has 4 aromatic rings. The molecule has 1 aromatic heterocycles. The van der Waals surface area contributed by atoms with Crippen molar-refractivity contribution in [1.82, 2.24) is 4.57 Å². The molecule has 0 fully saturated rings. The number of rotatable bonds is 8. The van der Waals surface area contributed by atoms with Gasteiger partial charge in [-0.05, 0) is 50.1 Å². The smallest absolute Gasteiger partial charge is 0.109 e. The van der Waals surface area contributed by atoms with Crippen LogP contribution in [0.3, 0.4) is 0 Å². The molecule has 0 bridgehead atoms. The maximum Gasteiger partial charge on any atom is 0.109 e. The van der Waals surface area contributed by atoms with E-state index in [1.807, 2.05) is 7.11 Å². The number of anilines is 1. The highest BCUT2D eigenvalue weighted by Gasteiger charge is 2.23. The van der Waals surface area contributed by atoms with E-state index in [-0.39, 0.29) is 6.10 Å². The predicted octanol–water partition coefficient (Wildman–Crippen LogP) is 6.73. The van der Waals surface area contributed by atoms with Gasteiger partial charge in [0.2, 0.25) is 0 Å². The fourth-order valence-corrected chi connectivity index (χ4v) is 4.67. The average molecular weight is 413 g/mol. The Bertz CT molecular complexity index is 1130. The molecule has 1 atom stereocenters. The van der Waals surface area contributed by atoms with Crippen molar-refractivity contribution >= 4 is 16.6 Å². The Morgan fingerprint density at radius 2 is 1.55 bits per heavy atom. The van der Waals surface area contributed by atoms with Crippen molar-refractivity contribution < 1.29 is 4.74 Å². The van der Waals surface area contributed by atoms with E-state index < -0.39 is 0 Å². The number of aryl methyl sites for hydroxylation is 1. The van der Waals surface area contributed by atoms with E-state index in [0.29, 0.717) is 0 Å². The first-order chi connectivity index (χ1) is 15.2. The standard InChI is InChI=1S/C28H32N2O/c1-5-29(20-22-12-8-7-9-13-22)24-18-16-23(17-19-24)28(31-4)27-21(3)30(6-2)26-15-11-10-14-25(26)27/h7-19,28H,5-6,20H2,1-4H3. The van der Waals surface area contributed by atoms with Gasteiger partial charge in [-0.15, -0.1) is 0 Å². The van der Waals surface area contributed by atoms with Crippen LogP contribution in [-0.4, -0.2) is 18.2 Å². The fourth-order valence-electron chi connectivity index (χ4n) is 4.67. The molecule has 0 radical (unpaired) electrons. The van der Waals surface area contributed by atoms with Gasteiger partial charge in [0.1, 0.15) is 6.10 Å². The zero-order chi connectivity index (χ0) is 21.8. The van der Waals surface area contributed by atoms with Gasteiger partial charge in [-0.2, -0.15) is 0 Å². The Kier molecular flexibility index (Phi) is 6.43. The minimum absolute atomic E-state index is 0.0871. The molecule has 0 aliphatic rings. The van der Waals surface area contributed by atoms with E-state index in [9.17, 15) is 0 Å². The van der Waals surface area contributed by atoms with Crippen LogP contribution in [0.2, 0.25) is 0 Å². The summed E-state index contributed by atoms with van der Waals surface area (Å²) in [5.74, 6) is 0. The largest absolute Gasteiger partial charge is 0.372 e. The van der Waals surface area contributed by atoms with Crippen LogP contribution in [0.5, 0.6) is 0 Å². The second kappa shape index (κ2) is 9.40. The van der Waals surface area contributed by atoms with Crippen LogP contribution in [0.4, 0.5) is 5.69 Å². The van der Waals surface area contributed by atoms with Crippen LogP contribution < -0.4 is 4.90 Å². The summed E-state index contributed by atoms with van der Waals surface area (Å²) >= 11 is 0. The van der Waals surface area contributed by atoms with Gasteiger partial charge in [-0.25, -0.2) is 0 Å². The first-order valence-corrected chi connectivity index (χ1v) is 11.2. The fraction of sp³-hybridized carbons (Fsp3) is 0.286. The number of hydrogen-bond donors (Lipinski definition) is 0. The van der Waals surface area contributed by atoms with Crippen molar-refractivity contribution in [3.05, 3.63) is 101 Å². The minimum atomic E-state index is -0.0871. The average Bonchev–Trinajstić information content (AvgIpc) is 3.10. The normalized spacial score (nSPS) is 12.3. The zero-order valence-electron chi connectivity index (χ0n) is 19.0. The Morgan fingerprint density at radius 3 is 2.19 bits per heavy atom. The van der Waals surface area contributed by atoms with Crippen LogP contribution in [0.1, 0.15) is 42.3 Å². The van der Waals surface area contributed by atoms with Crippen LogP contribution in [0, 0.1) is 6.92 Å². The van der Waals surface area contributed by atoms with Crippen molar-refractivity contribution in [1.29, 1.82) is 0 Å². The molecule has 160 valence electrons. The number of fused-ring (bicyclic) bond motifs is 1.